The van der Waals surface area contributed by atoms with E-state index < -0.39 is 11.9 Å². The van der Waals surface area contributed by atoms with Crippen LogP contribution >= 0.6 is 11.6 Å². The van der Waals surface area contributed by atoms with Crippen molar-refractivity contribution in [1.29, 1.82) is 0 Å². The van der Waals surface area contributed by atoms with Gasteiger partial charge < -0.3 is 16.2 Å². The minimum atomic E-state index is -0.606. The number of aromatic nitrogens is 3. The van der Waals surface area contributed by atoms with Gasteiger partial charge in [0, 0.05) is 29.2 Å². The van der Waals surface area contributed by atoms with Gasteiger partial charge in [-0.1, -0.05) is 41.9 Å². The van der Waals surface area contributed by atoms with Gasteiger partial charge >= 0.3 is 0 Å². The molecule has 180 valence electrons. The Kier molecular flexibility index (Phi) is 6.03. The number of fused-ring (bicyclic) bond motifs is 1. The van der Waals surface area contributed by atoms with Gasteiger partial charge in [0.15, 0.2) is 0 Å². The molecule has 2 aromatic heterocycles. The molecule has 3 aromatic carbocycles. The van der Waals surface area contributed by atoms with Crippen molar-refractivity contribution in [1.82, 2.24) is 14.5 Å². The third kappa shape index (κ3) is 4.34. The number of halogens is 2. The molecule has 0 fully saturated rings. The number of phenolic OH excluding ortho intramolecular Hbond substituents is 1. The third-order valence-corrected chi connectivity index (χ3v) is 6.15. The molecule has 36 heavy (non-hydrogen) atoms. The van der Waals surface area contributed by atoms with Crippen LogP contribution in [-0.2, 0) is 0 Å². The predicted molar refractivity (Wildman–Crippen MR) is 140 cm³/mol. The molecule has 0 aliphatic rings. The number of rotatable bonds is 5. The maximum absolute atomic E-state index is 14.0. The van der Waals surface area contributed by atoms with Crippen LogP contribution in [0.2, 0.25) is 5.02 Å². The summed E-state index contributed by atoms with van der Waals surface area (Å²) in [6.45, 7) is 1.87. The molecule has 5 rings (SSSR count). The molecule has 0 spiro atoms. The monoisotopic (exact) mass is 501 g/mol. The molecular formula is C27H21ClFN5O2. The van der Waals surface area contributed by atoms with Crippen LogP contribution in [0.3, 0.4) is 0 Å². The molecule has 0 saturated carbocycles. The van der Waals surface area contributed by atoms with Gasteiger partial charge in [-0.3, -0.25) is 9.36 Å². The zero-order chi connectivity index (χ0) is 25.4. The minimum absolute atomic E-state index is 0.0137. The summed E-state index contributed by atoms with van der Waals surface area (Å²) in [5, 5.41) is 14.7. The van der Waals surface area contributed by atoms with Crippen LogP contribution in [0.25, 0.3) is 27.6 Å². The average Bonchev–Trinajstić information content (AvgIpc) is 2.84. The number of pyridine rings is 1. The van der Waals surface area contributed by atoms with E-state index in [4.69, 9.17) is 17.3 Å². The SMILES string of the molecule is CC(Nc1nc(N)ncc1-c1cc(O)cc(F)c1)c1cc2cccc(Cl)c2c(=O)n1-c1ccccc1. The molecule has 7 nitrogen and oxygen atoms in total. The first-order valence-corrected chi connectivity index (χ1v) is 11.5. The Morgan fingerprint density at radius 1 is 1.08 bits per heavy atom. The van der Waals surface area contributed by atoms with E-state index in [1.54, 1.807) is 16.7 Å². The summed E-state index contributed by atoms with van der Waals surface area (Å²) in [7, 11) is 0. The maximum Gasteiger partial charge on any atom is 0.264 e. The van der Waals surface area contributed by atoms with E-state index in [0.29, 0.717) is 44.1 Å². The number of phenols is 1. The number of anilines is 2. The first kappa shape index (κ1) is 23.3. The molecule has 0 bridgehead atoms. The number of benzene rings is 3. The Morgan fingerprint density at radius 3 is 2.61 bits per heavy atom. The summed E-state index contributed by atoms with van der Waals surface area (Å²) in [4.78, 5) is 22.0. The molecule has 0 amide bonds. The van der Waals surface area contributed by atoms with E-state index in [2.05, 4.69) is 15.3 Å². The number of para-hydroxylation sites is 1. The first-order chi connectivity index (χ1) is 17.3. The average molecular weight is 502 g/mol. The van der Waals surface area contributed by atoms with Crippen LogP contribution in [0.15, 0.2) is 83.8 Å². The Labute approximate surface area is 210 Å². The van der Waals surface area contributed by atoms with Crippen LogP contribution in [-0.4, -0.2) is 19.6 Å². The number of hydrogen-bond donors (Lipinski definition) is 3. The van der Waals surface area contributed by atoms with Crippen LogP contribution in [0, 0.1) is 5.82 Å². The van der Waals surface area contributed by atoms with Crippen LogP contribution < -0.4 is 16.6 Å². The van der Waals surface area contributed by atoms with Crippen molar-refractivity contribution in [2.24, 2.45) is 0 Å². The Bertz CT molecular complexity index is 1640. The molecular weight excluding hydrogens is 481 g/mol. The summed E-state index contributed by atoms with van der Waals surface area (Å²) in [5.74, 6) is -0.506. The number of nitrogens with zero attached hydrogens (tertiary/aromatic N) is 3. The molecule has 1 atom stereocenters. The van der Waals surface area contributed by atoms with E-state index in [0.717, 1.165) is 6.07 Å². The molecule has 9 heteroatoms. The molecule has 4 N–H and O–H groups in total. The summed E-state index contributed by atoms with van der Waals surface area (Å²) in [5.41, 5.74) is 7.72. The molecule has 2 heterocycles. The highest BCUT2D eigenvalue weighted by Gasteiger charge is 2.20. The highest BCUT2D eigenvalue weighted by atomic mass is 35.5. The minimum Gasteiger partial charge on any atom is -0.508 e. The lowest BCUT2D eigenvalue weighted by molar-refractivity contribution is 0.469. The van der Waals surface area contributed by atoms with E-state index >= 15 is 0 Å². The van der Waals surface area contributed by atoms with Crippen molar-refractivity contribution in [3.8, 4) is 22.6 Å². The molecule has 1 unspecified atom stereocenters. The number of hydrogen-bond acceptors (Lipinski definition) is 6. The number of nitrogens with two attached hydrogens (primary N) is 1. The summed E-state index contributed by atoms with van der Waals surface area (Å²) in [6, 6.07) is 19.7. The Balaban J connectivity index is 1.67. The summed E-state index contributed by atoms with van der Waals surface area (Å²) in [6.07, 6.45) is 1.45. The van der Waals surface area contributed by atoms with Gasteiger partial charge in [0.25, 0.3) is 5.56 Å². The van der Waals surface area contributed by atoms with Gasteiger partial charge in [-0.2, -0.15) is 4.98 Å². The van der Waals surface area contributed by atoms with Gasteiger partial charge in [-0.15, -0.1) is 0 Å². The second kappa shape index (κ2) is 9.31. The lowest BCUT2D eigenvalue weighted by Crippen LogP contribution is -2.26. The van der Waals surface area contributed by atoms with Gasteiger partial charge in [0.05, 0.1) is 16.5 Å². The predicted octanol–water partition coefficient (Wildman–Crippen LogP) is 5.70. The highest BCUT2D eigenvalue weighted by molar-refractivity contribution is 6.35. The molecule has 0 saturated heterocycles. The zero-order valence-corrected chi connectivity index (χ0v) is 19.9. The van der Waals surface area contributed by atoms with Crippen molar-refractivity contribution >= 4 is 34.1 Å². The standard InChI is InChI=1S/C27H21ClFN5O2/c1-15(32-25-21(14-31-27(30)33-25)17-10-18(29)13-20(35)11-17)23-12-16-6-5-9-22(28)24(16)26(36)34(23)19-7-3-2-4-8-19/h2-15,35H,1H3,(H3,30,31,32,33). The summed E-state index contributed by atoms with van der Waals surface area (Å²) >= 11 is 6.40. The van der Waals surface area contributed by atoms with Crippen LogP contribution in [0.4, 0.5) is 16.2 Å². The fourth-order valence-electron chi connectivity index (χ4n) is 4.23. The van der Waals surface area contributed by atoms with E-state index in [1.165, 1.54) is 18.3 Å². The fourth-order valence-corrected chi connectivity index (χ4v) is 4.49. The number of nitrogens with one attached hydrogen (secondary N) is 1. The smallest absolute Gasteiger partial charge is 0.264 e. The largest absolute Gasteiger partial charge is 0.508 e. The molecule has 5 aromatic rings. The Hall–Kier alpha value is -4.43. The van der Waals surface area contributed by atoms with Crippen molar-refractivity contribution in [2.75, 3.05) is 11.1 Å². The third-order valence-electron chi connectivity index (χ3n) is 5.84. The fraction of sp³-hybridized carbons (Fsp3) is 0.0741. The van der Waals surface area contributed by atoms with E-state index in [9.17, 15) is 14.3 Å². The van der Waals surface area contributed by atoms with Crippen molar-refractivity contribution in [3.63, 3.8) is 0 Å². The maximum atomic E-state index is 14.0. The van der Waals surface area contributed by atoms with Crippen molar-refractivity contribution in [3.05, 3.63) is 106 Å². The second-order valence-corrected chi connectivity index (χ2v) is 8.71. The Morgan fingerprint density at radius 2 is 1.86 bits per heavy atom. The van der Waals surface area contributed by atoms with Crippen LogP contribution in [0.1, 0.15) is 18.7 Å². The molecule has 0 aliphatic heterocycles. The lowest BCUT2D eigenvalue weighted by Gasteiger charge is -2.22. The summed E-state index contributed by atoms with van der Waals surface area (Å²) < 4.78 is 15.6. The lowest BCUT2D eigenvalue weighted by atomic mass is 10.1. The van der Waals surface area contributed by atoms with Crippen molar-refractivity contribution in [2.45, 2.75) is 13.0 Å². The molecule has 0 radical (unpaired) electrons. The van der Waals surface area contributed by atoms with Crippen LogP contribution in [0.5, 0.6) is 5.75 Å². The number of nitrogen functional groups attached to an aromatic ring is 1. The first-order valence-electron chi connectivity index (χ1n) is 11.1. The normalized spacial score (nSPS) is 12.0. The highest BCUT2D eigenvalue weighted by Crippen LogP contribution is 2.33. The zero-order valence-electron chi connectivity index (χ0n) is 19.1. The van der Waals surface area contributed by atoms with Crippen molar-refractivity contribution < 1.29 is 9.50 Å². The number of aromatic hydroxyl groups is 1. The quantitative estimate of drug-likeness (QED) is 0.285. The van der Waals surface area contributed by atoms with E-state index in [1.807, 2.05) is 49.4 Å². The van der Waals surface area contributed by atoms with Gasteiger partial charge in [-0.25, -0.2) is 9.37 Å². The van der Waals surface area contributed by atoms with Gasteiger partial charge in [0.2, 0.25) is 5.95 Å². The van der Waals surface area contributed by atoms with Gasteiger partial charge in [0.1, 0.15) is 17.4 Å². The topological polar surface area (TPSA) is 106 Å². The second-order valence-electron chi connectivity index (χ2n) is 8.30. The van der Waals surface area contributed by atoms with E-state index in [-0.39, 0.29) is 17.3 Å². The molecule has 0 aliphatic carbocycles. The van der Waals surface area contributed by atoms with Gasteiger partial charge in [-0.05, 0) is 54.3 Å².